The van der Waals surface area contributed by atoms with Gasteiger partial charge in [-0.15, -0.1) is 12.4 Å². The number of aromatic nitrogens is 1. The van der Waals surface area contributed by atoms with Crippen molar-refractivity contribution in [3.05, 3.63) is 88.0 Å². The zero-order valence-corrected chi connectivity index (χ0v) is 25.5. The fourth-order valence-corrected chi connectivity index (χ4v) is 5.41. The van der Waals surface area contributed by atoms with Crippen molar-refractivity contribution in [2.75, 3.05) is 23.4 Å². The van der Waals surface area contributed by atoms with Crippen LogP contribution in [0.25, 0.3) is 11.0 Å². The number of anilines is 2. The number of ketones is 1. The van der Waals surface area contributed by atoms with Gasteiger partial charge < -0.3 is 25.4 Å². The highest BCUT2D eigenvalue weighted by Gasteiger charge is 2.49. The minimum atomic E-state index is -1.49. The Morgan fingerprint density at radius 2 is 1.71 bits per heavy atom. The van der Waals surface area contributed by atoms with Crippen LogP contribution < -0.4 is 20.9 Å². The lowest BCUT2D eigenvalue weighted by Crippen LogP contribution is -2.63. The van der Waals surface area contributed by atoms with Crippen LogP contribution in [0.15, 0.2) is 75.7 Å². The van der Waals surface area contributed by atoms with Crippen molar-refractivity contribution in [2.24, 2.45) is 11.7 Å². The molecule has 1 aliphatic heterocycles. The summed E-state index contributed by atoms with van der Waals surface area (Å²) in [6.07, 6.45) is 0. The van der Waals surface area contributed by atoms with Crippen LogP contribution in [0.4, 0.5) is 11.4 Å². The number of hydrogen-bond donors (Lipinski definition) is 2. The fourth-order valence-electron chi connectivity index (χ4n) is 5.07. The Labute approximate surface area is 256 Å². The van der Waals surface area contributed by atoms with Gasteiger partial charge >= 0.3 is 0 Å². The Balaban J connectivity index is 0.00000405. The molecule has 12 heteroatoms. The number of carbonyl (C=O) groups excluding carboxylic acids is 4. The minimum Gasteiger partial charge on any atom is -0.368 e. The number of benzene rings is 3. The van der Waals surface area contributed by atoms with Gasteiger partial charge in [0.25, 0.3) is 5.91 Å². The van der Waals surface area contributed by atoms with E-state index in [1.807, 2.05) is 12.1 Å². The zero-order chi connectivity index (χ0) is 29.5. The monoisotopic (exact) mass is 653 g/mol. The van der Waals surface area contributed by atoms with Crippen LogP contribution in [-0.2, 0) is 16.1 Å². The van der Waals surface area contributed by atoms with E-state index in [2.05, 4.69) is 26.4 Å². The van der Waals surface area contributed by atoms with E-state index >= 15 is 0 Å². The van der Waals surface area contributed by atoms with Crippen LogP contribution in [0.1, 0.15) is 40.3 Å². The standard InChI is InChI=1S/C30H28BrN5O5.ClH/c1-17(37)18-8-10-19(11-9-18)27(38)35-15-22(30(2,33-3)29(32)40)28(39)36(25-7-5-4-6-24(25)35)16-23-21-13-12-20(31)14-26(21)41-34-23;/h4-14,22,33H,15-16H2,1-3H3,(H2,32,40);1H/t22-,30?;/m1./s1. The first-order valence-corrected chi connectivity index (χ1v) is 13.7. The lowest BCUT2D eigenvalue weighted by molar-refractivity contribution is -0.133. The molecule has 5 rings (SSSR count). The number of nitrogens with two attached hydrogens (primary N) is 1. The van der Waals surface area contributed by atoms with Gasteiger partial charge in [-0.05, 0) is 63.4 Å². The number of nitrogens with zero attached hydrogens (tertiary/aromatic N) is 3. The summed E-state index contributed by atoms with van der Waals surface area (Å²) in [6.45, 7) is 2.90. The third kappa shape index (κ3) is 5.42. The number of hydrogen-bond acceptors (Lipinski definition) is 7. The zero-order valence-electron chi connectivity index (χ0n) is 23.1. The molecule has 3 N–H and O–H groups in total. The maximum absolute atomic E-state index is 14.4. The van der Waals surface area contributed by atoms with E-state index < -0.39 is 29.2 Å². The molecule has 3 amide bonds. The highest BCUT2D eigenvalue weighted by Crippen LogP contribution is 2.39. The van der Waals surface area contributed by atoms with Gasteiger partial charge in [-0.2, -0.15) is 0 Å². The summed E-state index contributed by atoms with van der Waals surface area (Å²) in [5.41, 5.74) is 7.14. The maximum Gasteiger partial charge on any atom is 0.258 e. The Kier molecular flexibility index (Phi) is 8.86. The number of halogens is 2. The van der Waals surface area contributed by atoms with Crippen LogP contribution in [0.2, 0.25) is 0 Å². The summed E-state index contributed by atoms with van der Waals surface area (Å²) in [4.78, 5) is 56.0. The van der Waals surface area contributed by atoms with E-state index in [9.17, 15) is 19.2 Å². The van der Waals surface area contributed by atoms with Crippen molar-refractivity contribution in [3.8, 4) is 0 Å². The SMILES string of the molecule is CNC(C)(C(N)=O)[C@@H]1CN(C(=O)c2ccc(C(C)=O)cc2)c2ccccc2N(Cc2noc3cc(Br)ccc23)C1=O.Cl. The Morgan fingerprint density at radius 3 is 2.33 bits per heavy atom. The number of fused-ring (bicyclic) bond motifs is 2. The van der Waals surface area contributed by atoms with E-state index in [1.54, 1.807) is 68.6 Å². The number of amides is 3. The molecule has 218 valence electrons. The molecule has 42 heavy (non-hydrogen) atoms. The van der Waals surface area contributed by atoms with E-state index in [4.69, 9.17) is 10.3 Å². The third-order valence-electron chi connectivity index (χ3n) is 7.72. The van der Waals surface area contributed by atoms with Crippen molar-refractivity contribution in [2.45, 2.75) is 25.9 Å². The summed E-state index contributed by atoms with van der Waals surface area (Å²) >= 11 is 3.43. The van der Waals surface area contributed by atoms with Gasteiger partial charge in [-0.1, -0.05) is 45.4 Å². The largest absolute Gasteiger partial charge is 0.368 e. The van der Waals surface area contributed by atoms with Gasteiger partial charge in [0.2, 0.25) is 11.8 Å². The molecule has 0 fully saturated rings. The summed E-state index contributed by atoms with van der Waals surface area (Å²) in [7, 11) is 1.55. The molecule has 3 aromatic carbocycles. The first-order valence-electron chi connectivity index (χ1n) is 12.9. The molecule has 0 radical (unpaired) electrons. The van der Waals surface area contributed by atoms with E-state index in [1.165, 1.54) is 16.7 Å². The van der Waals surface area contributed by atoms with Crippen molar-refractivity contribution >= 4 is 74.2 Å². The summed E-state index contributed by atoms with van der Waals surface area (Å²) in [5.74, 6) is -2.73. The van der Waals surface area contributed by atoms with Crippen LogP contribution in [0.3, 0.4) is 0 Å². The molecule has 0 aliphatic carbocycles. The number of rotatable bonds is 7. The second kappa shape index (κ2) is 12.0. The van der Waals surface area contributed by atoms with Crippen LogP contribution >= 0.6 is 28.3 Å². The molecule has 2 heterocycles. The smallest absolute Gasteiger partial charge is 0.258 e. The maximum atomic E-state index is 14.4. The number of carbonyl (C=O) groups is 4. The van der Waals surface area contributed by atoms with Gasteiger partial charge in [-0.3, -0.25) is 19.2 Å². The van der Waals surface area contributed by atoms with Gasteiger partial charge in [0, 0.05) is 27.5 Å². The molecular weight excluding hydrogens is 626 g/mol. The first-order chi connectivity index (χ1) is 19.5. The van der Waals surface area contributed by atoms with E-state index in [0.717, 1.165) is 9.86 Å². The normalized spacial score (nSPS) is 16.3. The number of Topliss-reactive ketones (excluding diaryl/α,β-unsaturated/α-hetero) is 1. The molecule has 10 nitrogen and oxygen atoms in total. The average Bonchev–Trinajstić information content (AvgIpc) is 3.31. The number of primary amides is 1. The van der Waals surface area contributed by atoms with Crippen LogP contribution in [0.5, 0.6) is 0 Å². The Hall–Kier alpha value is -4.06. The lowest BCUT2D eigenvalue weighted by atomic mass is 9.83. The number of nitrogens with one attached hydrogen (secondary N) is 1. The Bertz CT molecular complexity index is 1690. The van der Waals surface area contributed by atoms with E-state index in [-0.39, 0.29) is 31.3 Å². The highest BCUT2D eigenvalue weighted by molar-refractivity contribution is 9.10. The Morgan fingerprint density at radius 1 is 1.07 bits per heavy atom. The molecule has 1 aliphatic rings. The van der Waals surface area contributed by atoms with Crippen molar-refractivity contribution < 1.29 is 23.7 Å². The molecule has 4 aromatic rings. The summed E-state index contributed by atoms with van der Waals surface area (Å²) in [6, 6.07) is 18.8. The van der Waals surface area contributed by atoms with Gasteiger partial charge in [0.15, 0.2) is 11.4 Å². The molecule has 0 bridgehead atoms. The summed E-state index contributed by atoms with van der Waals surface area (Å²) < 4.78 is 6.35. The molecule has 1 aromatic heterocycles. The van der Waals surface area contributed by atoms with Crippen molar-refractivity contribution in [3.63, 3.8) is 0 Å². The van der Waals surface area contributed by atoms with Crippen molar-refractivity contribution in [1.82, 2.24) is 10.5 Å². The number of para-hydroxylation sites is 2. The highest BCUT2D eigenvalue weighted by atomic mass is 79.9. The lowest BCUT2D eigenvalue weighted by Gasteiger charge is -2.36. The van der Waals surface area contributed by atoms with Gasteiger partial charge in [0.05, 0.1) is 23.8 Å². The van der Waals surface area contributed by atoms with Gasteiger partial charge in [0.1, 0.15) is 11.2 Å². The second-order valence-corrected chi connectivity index (χ2v) is 11.0. The molecule has 0 saturated heterocycles. The first kappa shape index (κ1) is 30.9. The van der Waals surface area contributed by atoms with Crippen molar-refractivity contribution in [1.29, 1.82) is 0 Å². The topological polar surface area (TPSA) is 139 Å². The quantitative estimate of drug-likeness (QED) is 0.280. The number of likely N-dealkylation sites (N-methyl/N-ethyl adjacent to an activating group) is 1. The predicted molar refractivity (Wildman–Crippen MR) is 165 cm³/mol. The van der Waals surface area contributed by atoms with Crippen LogP contribution in [-0.4, -0.2) is 47.8 Å². The molecule has 0 saturated carbocycles. The van der Waals surface area contributed by atoms with Gasteiger partial charge in [-0.25, -0.2) is 0 Å². The predicted octanol–water partition coefficient (Wildman–Crippen LogP) is 4.49. The molecule has 0 spiro atoms. The third-order valence-corrected chi connectivity index (χ3v) is 8.21. The fraction of sp³-hybridized carbons (Fsp3) is 0.233. The summed E-state index contributed by atoms with van der Waals surface area (Å²) in [5, 5.41) is 7.89. The second-order valence-electron chi connectivity index (χ2n) is 10.1. The van der Waals surface area contributed by atoms with E-state index in [0.29, 0.717) is 33.8 Å². The average molecular weight is 655 g/mol. The molecular formula is C30H29BrClN5O5. The molecule has 2 atom stereocenters. The van der Waals surface area contributed by atoms with Crippen LogP contribution in [0, 0.1) is 5.92 Å². The minimum absolute atomic E-state index is 0. The molecule has 1 unspecified atom stereocenters.